The van der Waals surface area contributed by atoms with Gasteiger partial charge >= 0.3 is 0 Å². The van der Waals surface area contributed by atoms with Gasteiger partial charge in [-0.05, 0) is 61.7 Å². The van der Waals surface area contributed by atoms with Crippen LogP contribution in [-0.2, 0) is 0 Å². The molecule has 1 nitrogen and oxygen atoms in total. The summed E-state index contributed by atoms with van der Waals surface area (Å²) in [5.74, 6) is 0. The van der Waals surface area contributed by atoms with E-state index in [1.165, 1.54) is 16.7 Å². The van der Waals surface area contributed by atoms with E-state index in [9.17, 15) is 0 Å². The van der Waals surface area contributed by atoms with Crippen LogP contribution in [0.1, 0.15) is 29.7 Å². The van der Waals surface area contributed by atoms with Crippen molar-refractivity contribution in [2.45, 2.75) is 26.8 Å². The third kappa shape index (κ3) is 3.27. The molecule has 2 aromatic carbocycles. The lowest BCUT2D eigenvalue weighted by atomic mass is 10.1. The number of benzene rings is 2. The third-order valence-electron chi connectivity index (χ3n) is 2.95. The van der Waals surface area contributed by atoms with E-state index in [4.69, 9.17) is 11.6 Å². The maximum Gasteiger partial charge on any atom is 0.0486 e. The van der Waals surface area contributed by atoms with Crippen LogP contribution in [-0.4, -0.2) is 0 Å². The summed E-state index contributed by atoms with van der Waals surface area (Å²) in [6.07, 6.45) is 0. The topological polar surface area (TPSA) is 12.0 Å². The molecule has 0 aliphatic rings. The molecule has 0 saturated heterocycles. The van der Waals surface area contributed by atoms with E-state index < -0.39 is 0 Å². The Kier molecular flexibility index (Phi) is 3.93. The van der Waals surface area contributed by atoms with Crippen LogP contribution >= 0.6 is 11.6 Å². The molecule has 0 aromatic heterocycles. The third-order valence-corrected chi connectivity index (χ3v) is 3.19. The van der Waals surface area contributed by atoms with E-state index in [0.29, 0.717) is 0 Å². The zero-order valence-electron chi connectivity index (χ0n) is 11.0. The second-order valence-electron chi connectivity index (χ2n) is 4.80. The SMILES string of the molecule is Cc1cc(C)cc(NC(C)c2cccc(Cl)c2)c1. The van der Waals surface area contributed by atoms with Gasteiger partial charge in [0.05, 0.1) is 0 Å². The fourth-order valence-corrected chi connectivity index (χ4v) is 2.37. The van der Waals surface area contributed by atoms with Gasteiger partial charge in [0.25, 0.3) is 0 Å². The minimum Gasteiger partial charge on any atom is -0.379 e. The van der Waals surface area contributed by atoms with Gasteiger partial charge in [-0.3, -0.25) is 0 Å². The highest BCUT2D eigenvalue weighted by molar-refractivity contribution is 6.30. The lowest BCUT2D eigenvalue weighted by molar-refractivity contribution is 0.884. The molecule has 0 fully saturated rings. The van der Waals surface area contributed by atoms with Gasteiger partial charge in [-0.1, -0.05) is 29.8 Å². The Hall–Kier alpha value is -1.47. The Morgan fingerprint density at radius 3 is 2.28 bits per heavy atom. The Labute approximate surface area is 114 Å². The molecule has 0 aliphatic carbocycles. The number of rotatable bonds is 3. The van der Waals surface area contributed by atoms with Crippen molar-refractivity contribution in [3.63, 3.8) is 0 Å². The maximum absolute atomic E-state index is 6.01. The van der Waals surface area contributed by atoms with E-state index in [2.05, 4.69) is 50.4 Å². The van der Waals surface area contributed by atoms with Gasteiger partial charge in [0.15, 0.2) is 0 Å². The van der Waals surface area contributed by atoms with E-state index in [0.717, 1.165) is 10.7 Å². The molecule has 18 heavy (non-hydrogen) atoms. The summed E-state index contributed by atoms with van der Waals surface area (Å²) in [6, 6.07) is 14.7. The molecule has 0 saturated carbocycles. The van der Waals surface area contributed by atoms with Crippen LogP contribution in [0.3, 0.4) is 0 Å². The number of aryl methyl sites for hydroxylation is 2. The molecule has 0 radical (unpaired) electrons. The Bertz CT molecular complexity index is 528. The van der Waals surface area contributed by atoms with Crippen molar-refractivity contribution in [2.75, 3.05) is 5.32 Å². The van der Waals surface area contributed by atoms with Crippen LogP contribution in [0.15, 0.2) is 42.5 Å². The van der Waals surface area contributed by atoms with Gasteiger partial charge in [0.1, 0.15) is 0 Å². The van der Waals surface area contributed by atoms with Crippen molar-refractivity contribution < 1.29 is 0 Å². The molecule has 1 unspecified atom stereocenters. The number of hydrogen-bond donors (Lipinski definition) is 1. The van der Waals surface area contributed by atoms with Gasteiger partial charge in [0, 0.05) is 16.8 Å². The number of halogens is 1. The van der Waals surface area contributed by atoms with Crippen molar-refractivity contribution >= 4 is 17.3 Å². The van der Waals surface area contributed by atoms with Crippen molar-refractivity contribution in [3.8, 4) is 0 Å². The zero-order valence-corrected chi connectivity index (χ0v) is 11.8. The van der Waals surface area contributed by atoms with Crippen LogP contribution in [0.2, 0.25) is 5.02 Å². The highest BCUT2D eigenvalue weighted by Gasteiger charge is 2.06. The minimum atomic E-state index is 0.241. The summed E-state index contributed by atoms with van der Waals surface area (Å²) in [5, 5.41) is 4.29. The largest absolute Gasteiger partial charge is 0.379 e. The fourth-order valence-electron chi connectivity index (χ4n) is 2.17. The Morgan fingerprint density at radius 2 is 1.67 bits per heavy atom. The average molecular weight is 260 g/mol. The minimum absolute atomic E-state index is 0.241. The monoisotopic (exact) mass is 259 g/mol. The van der Waals surface area contributed by atoms with E-state index in [1.54, 1.807) is 0 Å². The second-order valence-corrected chi connectivity index (χ2v) is 5.23. The van der Waals surface area contributed by atoms with Gasteiger partial charge in [0.2, 0.25) is 0 Å². The lowest BCUT2D eigenvalue weighted by Gasteiger charge is -2.17. The highest BCUT2D eigenvalue weighted by atomic mass is 35.5. The molecule has 94 valence electrons. The van der Waals surface area contributed by atoms with Crippen molar-refractivity contribution in [1.82, 2.24) is 0 Å². The molecule has 1 N–H and O–H groups in total. The first-order valence-electron chi connectivity index (χ1n) is 6.15. The molecule has 1 atom stereocenters. The summed E-state index contributed by atoms with van der Waals surface area (Å²) < 4.78 is 0. The predicted octanol–water partition coefficient (Wildman–Crippen LogP) is 5.13. The van der Waals surface area contributed by atoms with E-state index in [-0.39, 0.29) is 6.04 Å². The smallest absolute Gasteiger partial charge is 0.0486 e. The zero-order chi connectivity index (χ0) is 13.1. The van der Waals surface area contributed by atoms with Crippen LogP contribution in [0.5, 0.6) is 0 Å². The number of hydrogen-bond acceptors (Lipinski definition) is 1. The molecule has 0 aliphatic heterocycles. The van der Waals surface area contributed by atoms with Crippen molar-refractivity contribution in [2.24, 2.45) is 0 Å². The van der Waals surface area contributed by atoms with Gasteiger partial charge < -0.3 is 5.32 Å². The normalized spacial score (nSPS) is 12.2. The van der Waals surface area contributed by atoms with Crippen molar-refractivity contribution in [3.05, 3.63) is 64.2 Å². The summed E-state index contributed by atoms with van der Waals surface area (Å²) in [4.78, 5) is 0. The molecular formula is C16H18ClN. The fraction of sp³-hybridized carbons (Fsp3) is 0.250. The highest BCUT2D eigenvalue weighted by Crippen LogP contribution is 2.23. The van der Waals surface area contributed by atoms with Crippen LogP contribution in [0.4, 0.5) is 5.69 Å². The van der Waals surface area contributed by atoms with E-state index >= 15 is 0 Å². The second kappa shape index (κ2) is 5.45. The molecule has 2 aromatic rings. The molecule has 0 spiro atoms. The van der Waals surface area contributed by atoms with Crippen molar-refractivity contribution in [1.29, 1.82) is 0 Å². The molecule has 2 heteroatoms. The van der Waals surface area contributed by atoms with Crippen LogP contribution < -0.4 is 5.32 Å². The molecule has 0 amide bonds. The van der Waals surface area contributed by atoms with Gasteiger partial charge in [-0.2, -0.15) is 0 Å². The Balaban J connectivity index is 2.18. The van der Waals surface area contributed by atoms with Crippen LogP contribution in [0.25, 0.3) is 0 Å². The summed E-state index contributed by atoms with van der Waals surface area (Å²) in [7, 11) is 0. The van der Waals surface area contributed by atoms with Gasteiger partial charge in [-0.25, -0.2) is 0 Å². The Morgan fingerprint density at radius 1 is 1.00 bits per heavy atom. The first-order valence-corrected chi connectivity index (χ1v) is 6.53. The predicted molar refractivity (Wildman–Crippen MR) is 79.4 cm³/mol. The first-order chi connectivity index (χ1) is 8.54. The summed E-state index contributed by atoms with van der Waals surface area (Å²) >= 11 is 6.01. The van der Waals surface area contributed by atoms with E-state index in [1.807, 2.05) is 18.2 Å². The maximum atomic E-state index is 6.01. The quantitative estimate of drug-likeness (QED) is 0.806. The number of anilines is 1. The summed E-state index contributed by atoms with van der Waals surface area (Å²) in [5.41, 5.74) is 4.90. The number of nitrogens with one attached hydrogen (secondary N) is 1. The van der Waals surface area contributed by atoms with Crippen LogP contribution in [0, 0.1) is 13.8 Å². The summed E-state index contributed by atoms with van der Waals surface area (Å²) in [6.45, 7) is 6.37. The molecule has 0 bridgehead atoms. The molecule has 2 rings (SSSR count). The average Bonchev–Trinajstić information content (AvgIpc) is 2.27. The van der Waals surface area contributed by atoms with Gasteiger partial charge in [-0.15, -0.1) is 0 Å². The first kappa shape index (κ1) is 13.0. The lowest BCUT2D eigenvalue weighted by Crippen LogP contribution is -2.06. The molecule has 0 heterocycles. The standard InChI is InChI=1S/C16H18ClN/c1-11-7-12(2)9-16(8-11)18-13(3)14-5-4-6-15(17)10-14/h4-10,13,18H,1-3H3. The molecular weight excluding hydrogens is 242 g/mol.